The molecule has 8 nitrogen and oxygen atoms in total. The van der Waals surface area contributed by atoms with Crippen molar-refractivity contribution in [3.05, 3.63) is 16.6 Å². The molecule has 0 radical (unpaired) electrons. The van der Waals surface area contributed by atoms with E-state index in [-0.39, 0.29) is 29.6 Å². The SMILES string of the molecule is COC(=O)N1[C@H](C)C[C@H](NS(C)(=O)=O)[C@@H]1CO[C@@H]1CC[C@@]2(c3nccs3)C[C@H]2C1. The molecule has 1 aromatic rings. The minimum absolute atomic E-state index is 0.123. The summed E-state index contributed by atoms with van der Waals surface area (Å²) >= 11 is 1.74. The van der Waals surface area contributed by atoms with Gasteiger partial charge in [-0.3, -0.25) is 4.90 Å². The van der Waals surface area contributed by atoms with E-state index in [1.165, 1.54) is 18.5 Å². The molecule has 0 spiro atoms. The number of sulfonamides is 1. The molecule has 2 heterocycles. The summed E-state index contributed by atoms with van der Waals surface area (Å²) in [5, 5.41) is 3.29. The maximum absolute atomic E-state index is 12.3. The summed E-state index contributed by atoms with van der Waals surface area (Å²) in [7, 11) is -2.04. The fourth-order valence-electron chi connectivity index (χ4n) is 5.25. The van der Waals surface area contributed by atoms with Crippen molar-refractivity contribution in [1.82, 2.24) is 14.6 Å². The standard InChI is InChI=1S/C19H29N3O5S2/c1-12-8-15(21-29(3,24)25)16(22(12)18(23)26-2)11-27-14-4-5-19(10-13(19)9-14)17-20-6-7-28-17/h6-7,12-16,21H,4-5,8-11H2,1-3H3/t12-,13-,14-,15+,16+,19-/m1/s1. The molecule has 2 saturated carbocycles. The number of rotatable bonds is 6. The zero-order valence-corrected chi connectivity index (χ0v) is 18.7. The van der Waals surface area contributed by atoms with Crippen molar-refractivity contribution in [2.24, 2.45) is 5.92 Å². The Morgan fingerprint density at radius 3 is 2.86 bits per heavy atom. The molecular formula is C19H29N3O5S2. The Balaban J connectivity index is 1.39. The minimum Gasteiger partial charge on any atom is -0.453 e. The Bertz CT molecular complexity index is 846. The van der Waals surface area contributed by atoms with Crippen molar-refractivity contribution in [2.45, 2.75) is 68.7 Å². The van der Waals surface area contributed by atoms with E-state index in [0.29, 0.717) is 18.9 Å². The van der Waals surface area contributed by atoms with Crippen LogP contribution >= 0.6 is 11.3 Å². The molecule has 3 fully saturated rings. The number of carbonyl (C=O) groups excluding carboxylic acids is 1. The minimum atomic E-state index is -3.39. The Hall–Kier alpha value is -1.23. The van der Waals surface area contributed by atoms with E-state index < -0.39 is 16.1 Å². The van der Waals surface area contributed by atoms with Crippen molar-refractivity contribution in [3.63, 3.8) is 0 Å². The van der Waals surface area contributed by atoms with E-state index >= 15 is 0 Å². The van der Waals surface area contributed by atoms with Gasteiger partial charge in [-0.2, -0.15) is 0 Å². The summed E-state index contributed by atoms with van der Waals surface area (Å²) in [4.78, 5) is 18.4. The normalized spacial score (nSPS) is 36.7. The summed E-state index contributed by atoms with van der Waals surface area (Å²) in [6, 6.07) is -0.877. The van der Waals surface area contributed by atoms with Gasteiger partial charge in [-0.1, -0.05) is 0 Å². The number of hydrogen-bond donors (Lipinski definition) is 1. The lowest BCUT2D eigenvalue weighted by Crippen LogP contribution is -2.50. The Morgan fingerprint density at radius 1 is 1.45 bits per heavy atom. The second kappa shape index (κ2) is 7.79. The van der Waals surface area contributed by atoms with Gasteiger partial charge in [-0.05, 0) is 44.9 Å². The molecule has 3 aliphatic rings. The summed E-state index contributed by atoms with van der Waals surface area (Å²) in [5.41, 5.74) is 0.258. The number of carbonyl (C=O) groups is 1. The predicted molar refractivity (Wildman–Crippen MR) is 109 cm³/mol. The largest absolute Gasteiger partial charge is 0.453 e. The molecule has 2 aliphatic carbocycles. The topological polar surface area (TPSA) is 97.8 Å². The number of hydrogen-bond acceptors (Lipinski definition) is 7. The highest BCUT2D eigenvalue weighted by atomic mass is 32.2. The molecule has 1 aliphatic heterocycles. The van der Waals surface area contributed by atoms with Gasteiger partial charge >= 0.3 is 6.09 Å². The van der Waals surface area contributed by atoms with Gasteiger partial charge in [0.05, 0.1) is 37.1 Å². The van der Waals surface area contributed by atoms with Crippen LogP contribution in [0.15, 0.2) is 11.6 Å². The monoisotopic (exact) mass is 443 g/mol. The maximum Gasteiger partial charge on any atom is 0.410 e. The number of ether oxygens (including phenoxy) is 2. The molecular weight excluding hydrogens is 414 g/mol. The Kier molecular flexibility index (Phi) is 5.65. The first kappa shape index (κ1) is 21.0. The van der Waals surface area contributed by atoms with E-state index in [2.05, 4.69) is 9.71 Å². The average Bonchev–Trinajstić information content (AvgIpc) is 2.98. The molecule has 0 bridgehead atoms. The molecule has 1 N–H and O–H groups in total. The molecule has 1 aromatic heterocycles. The van der Waals surface area contributed by atoms with Crippen LogP contribution < -0.4 is 4.72 Å². The number of thiazole rings is 1. The van der Waals surface area contributed by atoms with E-state index in [1.54, 1.807) is 16.2 Å². The van der Waals surface area contributed by atoms with Crippen molar-refractivity contribution in [3.8, 4) is 0 Å². The Labute approximate surface area is 176 Å². The first-order valence-corrected chi connectivity index (χ1v) is 12.9. The van der Waals surface area contributed by atoms with Crippen LogP contribution in [0, 0.1) is 5.92 Å². The van der Waals surface area contributed by atoms with Gasteiger partial charge < -0.3 is 9.47 Å². The highest BCUT2D eigenvalue weighted by Crippen LogP contribution is 2.63. The average molecular weight is 444 g/mol. The van der Waals surface area contributed by atoms with Crippen LogP contribution in [0.3, 0.4) is 0 Å². The summed E-state index contributed by atoms with van der Waals surface area (Å²) in [6.45, 7) is 2.20. The second-order valence-corrected chi connectivity index (χ2v) is 11.3. The number of aromatic nitrogens is 1. The summed E-state index contributed by atoms with van der Waals surface area (Å²) in [5.74, 6) is 0.608. The van der Waals surface area contributed by atoms with Crippen LogP contribution in [-0.4, -0.2) is 68.6 Å². The lowest BCUT2D eigenvalue weighted by Gasteiger charge is -2.32. The number of nitrogens with zero attached hydrogens (tertiary/aromatic N) is 2. The van der Waals surface area contributed by atoms with Gasteiger partial charge in [-0.15, -0.1) is 11.3 Å². The third-order valence-corrected chi connectivity index (χ3v) is 8.42. The van der Waals surface area contributed by atoms with Crippen molar-refractivity contribution < 1.29 is 22.7 Å². The maximum atomic E-state index is 12.3. The number of nitrogens with one attached hydrogen (secondary N) is 1. The summed E-state index contributed by atoms with van der Waals surface area (Å²) in [6.07, 6.45) is 7.44. The number of methoxy groups -OCH3 is 1. The fraction of sp³-hybridized carbons (Fsp3) is 0.789. The highest BCUT2D eigenvalue weighted by molar-refractivity contribution is 7.88. The van der Waals surface area contributed by atoms with Gasteiger partial charge in [0.1, 0.15) is 0 Å². The zero-order valence-electron chi connectivity index (χ0n) is 17.0. The first-order chi connectivity index (χ1) is 13.7. The Morgan fingerprint density at radius 2 is 2.24 bits per heavy atom. The highest BCUT2D eigenvalue weighted by Gasteiger charge is 2.59. The van der Waals surface area contributed by atoms with E-state index in [9.17, 15) is 13.2 Å². The molecule has 0 unspecified atom stereocenters. The number of amides is 1. The van der Waals surface area contributed by atoms with Crippen molar-refractivity contribution in [1.29, 1.82) is 0 Å². The van der Waals surface area contributed by atoms with Gasteiger partial charge in [0.25, 0.3) is 0 Å². The molecule has 1 saturated heterocycles. The van der Waals surface area contributed by atoms with Gasteiger partial charge in [0.15, 0.2) is 0 Å². The van der Waals surface area contributed by atoms with Gasteiger partial charge in [0, 0.05) is 29.1 Å². The third-order valence-electron chi connectivity index (χ3n) is 6.70. The van der Waals surface area contributed by atoms with Crippen LogP contribution in [0.1, 0.15) is 44.0 Å². The molecule has 1 amide bonds. The first-order valence-electron chi connectivity index (χ1n) is 10.1. The van der Waals surface area contributed by atoms with Crippen LogP contribution in [0.4, 0.5) is 4.79 Å². The smallest absolute Gasteiger partial charge is 0.410 e. The molecule has 162 valence electrons. The third kappa shape index (κ3) is 4.17. The fourth-order valence-corrected chi connectivity index (χ4v) is 7.01. The summed E-state index contributed by atoms with van der Waals surface area (Å²) < 4.78 is 37.4. The molecule has 10 heteroatoms. The van der Waals surface area contributed by atoms with E-state index in [1.807, 2.05) is 18.5 Å². The van der Waals surface area contributed by atoms with Gasteiger partial charge in [-0.25, -0.2) is 22.9 Å². The number of fused-ring (bicyclic) bond motifs is 1. The van der Waals surface area contributed by atoms with E-state index in [0.717, 1.165) is 25.5 Å². The van der Waals surface area contributed by atoms with Gasteiger partial charge in [0.2, 0.25) is 10.0 Å². The predicted octanol–water partition coefficient (Wildman–Crippen LogP) is 2.12. The quantitative estimate of drug-likeness (QED) is 0.723. The molecule has 0 aromatic carbocycles. The van der Waals surface area contributed by atoms with Crippen LogP contribution in [0.2, 0.25) is 0 Å². The lowest BCUT2D eigenvalue weighted by molar-refractivity contribution is -0.00993. The molecule has 29 heavy (non-hydrogen) atoms. The van der Waals surface area contributed by atoms with E-state index in [4.69, 9.17) is 9.47 Å². The van der Waals surface area contributed by atoms with Crippen LogP contribution in [-0.2, 0) is 24.9 Å². The second-order valence-electron chi connectivity index (χ2n) is 8.65. The van der Waals surface area contributed by atoms with Crippen molar-refractivity contribution in [2.75, 3.05) is 20.0 Å². The van der Waals surface area contributed by atoms with Crippen LogP contribution in [0.25, 0.3) is 0 Å². The molecule has 4 rings (SSSR count). The number of likely N-dealkylation sites (tertiary alicyclic amines) is 1. The molecule has 6 atom stereocenters. The zero-order chi connectivity index (χ0) is 20.8. The van der Waals surface area contributed by atoms with Crippen LogP contribution in [0.5, 0.6) is 0 Å². The lowest BCUT2D eigenvalue weighted by atomic mass is 9.87. The van der Waals surface area contributed by atoms with Crippen molar-refractivity contribution >= 4 is 27.5 Å².